The molecular weight excluding hydrogens is 200 g/mol. The minimum absolute atomic E-state index is 0.212. The van der Waals surface area contributed by atoms with Crippen LogP contribution in [0.2, 0.25) is 0 Å². The summed E-state index contributed by atoms with van der Waals surface area (Å²) >= 11 is 1.80. The van der Waals surface area contributed by atoms with Crippen molar-refractivity contribution in [2.24, 2.45) is 5.41 Å². The highest BCUT2D eigenvalue weighted by Gasteiger charge is 2.34. The summed E-state index contributed by atoms with van der Waals surface area (Å²) in [5.41, 5.74) is 1.92. The number of rotatable bonds is 2. The van der Waals surface area contributed by atoms with Crippen molar-refractivity contribution in [1.29, 1.82) is 0 Å². The van der Waals surface area contributed by atoms with E-state index in [-0.39, 0.29) is 10.8 Å². The molecule has 0 heterocycles. The van der Waals surface area contributed by atoms with Gasteiger partial charge in [0.25, 0.3) is 0 Å². The first-order chi connectivity index (χ1) is 6.79. The quantitative estimate of drug-likeness (QED) is 0.652. The van der Waals surface area contributed by atoms with Gasteiger partial charge in [-0.2, -0.15) is 0 Å². The Bertz CT molecular complexity index is 314. The zero-order chi connectivity index (χ0) is 11.7. The molecule has 0 aliphatic carbocycles. The lowest BCUT2D eigenvalue weighted by Crippen LogP contribution is -2.33. The second-order valence-corrected chi connectivity index (χ2v) is 6.48. The summed E-state index contributed by atoms with van der Waals surface area (Å²) < 4.78 is 0. The maximum absolute atomic E-state index is 2.32. The van der Waals surface area contributed by atoms with Crippen LogP contribution in [0.1, 0.15) is 40.2 Å². The van der Waals surface area contributed by atoms with Crippen LogP contribution < -0.4 is 0 Å². The van der Waals surface area contributed by atoms with Crippen LogP contribution in [0.25, 0.3) is 0 Å². The summed E-state index contributed by atoms with van der Waals surface area (Å²) in [5, 5.41) is 0. The van der Waals surface area contributed by atoms with Gasteiger partial charge in [0, 0.05) is 4.90 Å². The van der Waals surface area contributed by atoms with Gasteiger partial charge in [-0.3, -0.25) is 0 Å². The van der Waals surface area contributed by atoms with Crippen LogP contribution in [0, 0.1) is 5.41 Å². The number of thioether (sulfide) groups is 1. The highest BCUT2D eigenvalue weighted by atomic mass is 32.2. The van der Waals surface area contributed by atoms with Gasteiger partial charge in [0.15, 0.2) is 0 Å². The van der Waals surface area contributed by atoms with Crippen LogP contribution in [0.15, 0.2) is 29.2 Å². The fraction of sp³-hybridized carbons (Fsp3) is 0.571. The molecule has 1 heteroatoms. The predicted molar refractivity (Wildman–Crippen MR) is 70.7 cm³/mol. The molecule has 0 fully saturated rings. The summed E-state index contributed by atoms with van der Waals surface area (Å²) in [6.07, 6.45) is 2.11. The summed E-state index contributed by atoms with van der Waals surface area (Å²) in [6, 6.07) is 8.95. The van der Waals surface area contributed by atoms with Gasteiger partial charge in [-0.1, -0.05) is 46.8 Å². The first-order valence-electron chi connectivity index (χ1n) is 5.43. The van der Waals surface area contributed by atoms with Gasteiger partial charge in [0.05, 0.1) is 0 Å². The number of hydrogen-bond acceptors (Lipinski definition) is 1. The molecule has 0 unspecified atom stereocenters. The number of benzene rings is 1. The van der Waals surface area contributed by atoms with E-state index in [2.05, 4.69) is 65.1 Å². The van der Waals surface area contributed by atoms with Gasteiger partial charge in [-0.05, 0) is 34.8 Å². The molecule has 0 bridgehead atoms. The molecule has 0 aliphatic rings. The normalized spacial score (nSPS) is 12.9. The Morgan fingerprint density at radius 3 is 1.67 bits per heavy atom. The van der Waals surface area contributed by atoms with E-state index in [0.29, 0.717) is 0 Å². The Balaban J connectivity index is 3.06. The Labute approximate surface area is 98.5 Å². The molecule has 15 heavy (non-hydrogen) atoms. The average molecular weight is 222 g/mol. The Hall–Kier alpha value is -0.430. The Morgan fingerprint density at radius 1 is 0.867 bits per heavy atom. The summed E-state index contributed by atoms with van der Waals surface area (Å²) in [6.45, 7) is 11.5. The lowest BCUT2D eigenvalue weighted by Gasteiger charge is -2.39. The largest absolute Gasteiger partial charge is 0.130 e. The van der Waals surface area contributed by atoms with Crippen LogP contribution in [-0.4, -0.2) is 6.26 Å². The van der Waals surface area contributed by atoms with Gasteiger partial charge in [0.1, 0.15) is 0 Å². The molecule has 0 atom stereocenters. The zero-order valence-corrected chi connectivity index (χ0v) is 11.5. The zero-order valence-electron chi connectivity index (χ0n) is 10.7. The van der Waals surface area contributed by atoms with Crippen LogP contribution in [-0.2, 0) is 5.41 Å². The average Bonchev–Trinajstić information content (AvgIpc) is 2.16. The predicted octanol–water partition coefficient (Wildman–Crippen LogP) is 4.73. The molecule has 0 saturated carbocycles. The molecule has 0 N–H and O–H groups in total. The first-order valence-corrected chi connectivity index (χ1v) is 6.66. The van der Waals surface area contributed by atoms with E-state index in [4.69, 9.17) is 0 Å². The van der Waals surface area contributed by atoms with Gasteiger partial charge >= 0.3 is 0 Å². The van der Waals surface area contributed by atoms with Crippen LogP contribution in [0.4, 0.5) is 0 Å². The minimum Gasteiger partial charge on any atom is -0.130 e. The smallest absolute Gasteiger partial charge is 0.00693 e. The minimum atomic E-state index is 0.212. The second kappa shape index (κ2) is 4.21. The fourth-order valence-electron chi connectivity index (χ4n) is 1.44. The van der Waals surface area contributed by atoms with Crippen LogP contribution in [0.5, 0.6) is 0 Å². The standard InChI is InChI=1S/C14H22S/c1-13(2,3)14(4,5)11-7-9-12(15-6)10-8-11/h7-10H,1-6H3. The molecular formula is C14H22S. The van der Waals surface area contributed by atoms with E-state index in [1.807, 2.05) is 0 Å². The molecule has 1 aromatic rings. The van der Waals surface area contributed by atoms with Crippen LogP contribution in [0.3, 0.4) is 0 Å². The third-order valence-electron chi connectivity index (χ3n) is 3.69. The Kier molecular flexibility index (Phi) is 3.55. The third-order valence-corrected chi connectivity index (χ3v) is 4.43. The highest BCUT2D eigenvalue weighted by Crippen LogP contribution is 2.40. The van der Waals surface area contributed by atoms with E-state index in [1.165, 1.54) is 10.5 Å². The lowest BCUT2D eigenvalue weighted by molar-refractivity contribution is 0.225. The van der Waals surface area contributed by atoms with Gasteiger partial charge in [0.2, 0.25) is 0 Å². The van der Waals surface area contributed by atoms with Crippen molar-refractivity contribution in [3.8, 4) is 0 Å². The van der Waals surface area contributed by atoms with Crippen molar-refractivity contribution in [3.63, 3.8) is 0 Å². The number of hydrogen-bond donors (Lipinski definition) is 0. The molecule has 0 aliphatic heterocycles. The molecule has 1 aromatic carbocycles. The van der Waals surface area contributed by atoms with E-state index < -0.39 is 0 Å². The first kappa shape index (κ1) is 12.6. The molecule has 0 saturated heterocycles. The topological polar surface area (TPSA) is 0 Å². The molecule has 0 radical (unpaired) electrons. The van der Waals surface area contributed by atoms with E-state index in [0.717, 1.165) is 0 Å². The fourth-order valence-corrected chi connectivity index (χ4v) is 1.85. The molecule has 84 valence electrons. The molecule has 1 rings (SSSR count). The summed E-state index contributed by atoms with van der Waals surface area (Å²) in [5.74, 6) is 0. The molecule has 0 aromatic heterocycles. The van der Waals surface area contributed by atoms with Crippen molar-refractivity contribution in [3.05, 3.63) is 29.8 Å². The maximum Gasteiger partial charge on any atom is 0.00693 e. The van der Waals surface area contributed by atoms with Crippen molar-refractivity contribution >= 4 is 11.8 Å². The SMILES string of the molecule is CSc1ccc(C(C)(C)C(C)(C)C)cc1. The van der Waals surface area contributed by atoms with Gasteiger partial charge < -0.3 is 0 Å². The van der Waals surface area contributed by atoms with Crippen LogP contribution >= 0.6 is 11.8 Å². The summed E-state index contributed by atoms with van der Waals surface area (Å²) in [7, 11) is 0. The molecule has 0 amide bonds. The second-order valence-electron chi connectivity index (χ2n) is 5.60. The molecule has 0 spiro atoms. The van der Waals surface area contributed by atoms with Crippen molar-refractivity contribution < 1.29 is 0 Å². The highest BCUT2D eigenvalue weighted by molar-refractivity contribution is 7.98. The van der Waals surface area contributed by atoms with Gasteiger partial charge in [-0.15, -0.1) is 11.8 Å². The lowest BCUT2D eigenvalue weighted by atomic mass is 9.65. The molecule has 0 nitrogen and oxygen atoms in total. The summed E-state index contributed by atoms with van der Waals surface area (Å²) in [4.78, 5) is 1.34. The maximum atomic E-state index is 2.32. The third kappa shape index (κ3) is 2.57. The van der Waals surface area contributed by atoms with Crippen molar-refractivity contribution in [1.82, 2.24) is 0 Å². The van der Waals surface area contributed by atoms with Crippen molar-refractivity contribution in [2.75, 3.05) is 6.26 Å². The monoisotopic (exact) mass is 222 g/mol. The van der Waals surface area contributed by atoms with E-state index in [9.17, 15) is 0 Å². The van der Waals surface area contributed by atoms with E-state index in [1.54, 1.807) is 11.8 Å². The van der Waals surface area contributed by atoms with Gasteiger partial charge in [-0.25, -0.2) is 0 Å². The Morgan fingerprint density at radius 2 is 1.33 bits per heavy atom. The van der Waals surface area contributed by atoms with E-state index >= 15 is 0 Å². The van der Waals surface area contributed by atoms with Crippen molar-refractivity contribution in [2.45, 2.75) is 44.9 Å².